The summed E-state index contributed by atoms with van der Waals surface area (Å²) in [6.07, 6.45) is 1.25. The Bertz CT molecular complexity index is 381. The van der Waals surface area contributed by atoms with Crippen molar-refractivity contribution in [1.29, 1.82) is 0 Å². The number of hydrogen-bond donors (Lipinski definition) is 1. The molecule has 17 heavy (non-hydrogen) atoms. The fraction of sp³-hybridized carbons (Fsp3) is 0.538. The zero-order valence-electron chi connectivity index (χ0n) is 10.3. The van der Waals surface area contributed by atoms with Gasteiger partial charge in [-0.25, -0.2) is 0 Å². The van der Waals surface area contributed by atoms with E-state index in [0.29, 0.717) is 0 Å². The van der Waals surface area contributed by atoms with Crippen LogP contribution >= 0.6 is 15.9 Å². The number of rotatable bonds is 2. The molecule has 0 atom stereocenters. The first kappa shape index (κ1) is 12.9. The molecule has 0 unspecified atom stereocenters. The highest BCUT2D eigenvalue weighted by atomic mass is 79.9. The summed E-state index contributed by atoms with van der Waals surface area (Å²) >= 11 is 3.58. The lowest BCUT2D eigenvalue weighted by molar-refractivity contribution is 0.269. The smallest absolute Gasteiger partial charge is 0.0461 e. The lowest BCUT2D eigenvalue weighted by Gasteiger charge is -2.21. The fourth-order valence-corrected chi connectivity index (χ4v) is 2.61. The molecule has 0 amide bonds. The molecule has 1 heterocycles. The second kappa shape index (κ2) is 5.85. The van der Waals surface area contributed by atoms with Gasteiger partial charge < -0.3 is 10.6 Å². The Morgan fingerprint density at radius 2 is 2.06 bits per heavy atom. The van der Waals surface area contributed by atoms with Crippen molar-refractivity contribution in [2.75, 3.05) is 39.0 Å². The average molecular weight is 298 g/mol. The summed E-state index contributed by atoms with van der Waals surface area (Å²) in [7, 11) is 2.19. The van der Waals surface area contributed by atoms with E-state index in [1.807, 2.05) is 12.1 Å². The minimum Gasteiger partial charge on any atom is -0.398 e. The largest absolute Gasteiger partial charge is 0.398 e. The molecule has 0 saturated carbocycles. The van der Waals surface area contributed by atoms with Crippen molar-refractivity contribution in [3.63, 3.8) is 0 Å². The number of likely N-dealkylation sites (N-methyl/N-ethyl adjacent to an activating group) is 1. The normalized spacial score (nSPS) is 19.2. The van der Waals surface area contributed by atoms with Crippen LogP contribution in [0, 0.1) is 0 Å². The predicted octanol–water partition coefficient (Wildman–Crippen LogP) is 2.17. The predicted molar refractivity (Wildman–Crippen MR) is 75.9 cm³/mol. The van der Waals surface area contributed by atoms with Gasteiger partial charge in [0.15, 0.2) is 0 Å². The van der Waals surface area contributed by atoms with Gasteiger partial charge in [-0.15, -0.1) is 0 Å². The van der Waals surface area contributed by atoms with Gasteiger partial charge in [0, 0.05) is 29.8 Å². The number of nitrogen functional groups attached to an aromatic ring is 1. The van der Waals surface area contributed by atoms with E-state index in [9.17, 15) is 0 Å². The summed E-state index contributed by atoms with van der Waals surface area (Å²) in [4.78, 5) is 4.90. The zero-order valence-corrected chi connectivity index (χ0v) is 11.9. The first-order chi connectivity index (χ1) is 8.16. The van der Waals surface area contributed by atoms with Crippen molar-refractivity contribution in [2.24, 2.45) is 0 Å². The second-order valence-electron chi connectivity index (χ2n) is 4.75. The molecule has 0 radical (unpaired) electrons. The standard InChI is InChI=1S/C13H20BrN3/c1-16-6-3-7-17(9-8-16)10-11-4-2-5-12(15)13(11)14/h2,4-5H,3,6-10,15H2,1H3. The molecule has 2 rings (SSSR count). The first-order valence-electron chi connectivity index (χ1n) is 6.10. The summed E-state index contributed by atoms with van der Waals surface area (Å²) < 4.78 is 1.05. The van der Waals surface area contributed by atoms with Gasteiger partial charge in [-0.1, -0.05) is 12.1 Å². The summed E-state index contributed by atoms with van der Waals surface area (Å²) in [6, 6.07) is 6.11. The van der Waals surface area contributed by atoms with E-state index in [1.165, 1.54) is 25.1 Å². The molecule has 0 aliphatic carbocycles. The molecular formula is C13H20BrN3. The average Bonchev–Trinajstić information content (AvgIpc) is 2.50. The number of nitrogens with zero attached hydrogens (tertiary/aromatic N) is 2. The van der Waals surface area contributed by atoms with Gasteiger partial charge >= 0.3 is 0 Å². The van der Waals surface area contributed by atoms with E-state index in [4.69, 9.17) is 5.73 Å². The van der Waals surface area contributed by atoms with E-state index >= 15 is 0 Å². The summed E-state index contributed by atoms with van der Waals surface area (Å²) in [5, 5.41) is 0. The van der Waals surface area contributed by atoms with Crippen LogP contribution in [0.5, 0.6) is 0 Å². The van der Waals surface area contributed by atoms with Crippen molar-refractivity contribution in [3.05, 3.63) is 28.2 Å². The van der Waals surface area contributed by atoms with Crippen LogP contribution in [0.4, 0.5) is 5.69 Å². The van der Waals surface area contributed by atoms with Crippen molar-refractivity contribution in [2.45, 2.75) is 13.0 Å². The fourth-order valence-electron chi connectivity index (χ4n) is 2.22. The molecule has 4 heteroatoms. The van der Waals surface area contributed by atoms with Gasteiger partial charge in [-0.3, -0.25) is 4.90 Å². The number of benzene rings is 1. The van der Waals surface area contributed by atoms with Crippen LogP contribution in [0.2, 0.25) is 0 Å². The van der Waals surface area contributed by atoms with Gasteiger partial charge in [-0.2, -0.15) is 0 Å². The molecule has 1 aliphatic rings. The molecule has 0 aromatic heterocycles. The van der Waals surface area contributed by atoms with Crippen LogP contribution < -0.4 is 5.73 Å². The van der Waals surface area contributed by atoms with Gasteiger partial charge in [0.25, 0.3) is 0 Å². The molecule has 2 N–H and O–H groups in total. The molecule has 1 aliphatic heterocycles. The Morgan fingerprint density at radius 3 is 2.88 bits per heavy atom. The number of halogens is 1. The quantitative estimate of drug-likeness (QED) is 0.849. The Kier molecular flexibility index (Phi) is 4.42. The van der Waals surface area contributed by atoms with Crippen molar-refractivity contribution in [1.82, 2.24) is 9.80 Å². The zero-order chi connectivity index (χ0) is 12.3. The van der Waals surface area contributed by atoms with Crippen LogP contribution in [0.15, 0.2) is 22.7 Å². The maximum atomic E-state index is 5.91. The Hall–Kier alpha value is -0.580. The molecule has 1 aromatic carbocycles. The topological polar surface area (TPSA) is 32.5 Å². The maximum absolute atomic E-state index is 5.91. The highest BCUT2D eigenvalue weighted by molar-refractivity contribution is 9.10. The summed E-state index contributed by atoms with van der Waals surface area (Å²) in [6.45, 7) is 5.65. The van der Waals surface area contributed by atoms with E-state index < -0.39 is 0 Å². The lowest BCUT2D eigenvalue weighted by Crippen LogP contribution is -2.28. The molecular weight excluding hydrogens is 278 g/mol. The molecule has 94 valence electrons. The Labute approximate surface area is 112 Å². The molecule has 1 aromatic rings. The third-order valence-corrected chi connectivity index (χ3v) is 4.28. The van der Waals surface area contributed by atoms with Gasteiger partial charge in [-0.05, 0) is 54.1 Å². The molecule has 0 bridgehead atoms. The van der Waals surface area contributed by atoms with Crippen LogP contribution in [0.1, 0.15) is 12.0 Å². The van der Waals surface area contributed by atoms with Crippen LogP contribution in [0.25, 0.3) is 0 Å². The van der Waals surface area contributed by atoms with Gasteiger partial charge in [0.1, 0.15) is 0 Å². The maximum Gasteiger partial charge on any atom is 0.0461 e. The first-order valence-corrected chi connectivity index (χ1v) is 6.90. The van der Waals surface area contributed by atoms with Gasteiger partial charge in [0.05, 0.1) is 0 Å². The minimum atomic E-state index is 0.828. The van der Waals surface area contributed by atoms with E-state index in [1.54, 1.807) is 0 Å². The molecule has 3 nitrogen and oxygen atoms in total. The minimum absolute atomic E-state index is 0.828. The molecule has 1 saturated heterocycles. The van der Waals surface area contributed by atoms with Crippen molar-refractivity contribution in [3.8, 4) is 0 Å². The third kappa shape index (κ3) is 3.44. The molecule has 1 fully saturated rings. The lowest BCUT2D eigenvalue weighted by atomic mass is 10.2. The van der Waals surface area contributed by atoms with Crippen LogP contribution in [-0.2, 0) is 6.54 Å². The summed E-state index contributed by atoms with van der Waals surface area (Å²) in [5.41, 5.74) is 8.02. The highest BCUT2D eigenvalue weighted by Gasteiger charge is 2.13. The molecule has 0 spiro atoms. The second-order valence-corrected chi connectivity index (χ2v) is 5.55. The Morgan fingerprint density at radius 1 is 1.24 bits per heavy atom. The van der Waals surface area contributed by atoms with E-state index in [2.05, 4.69) is 38.8 Å². The number of anilines is 1. The summed E-state index contributed by atoms with van der Waals surface area (Å²) in [5.74, 6) is 0. The Balaban J connectivity index is 2.02. The SMILES string of the molecule is CN1CCCN(Cc2cccc(N)c2Br)CC1. The van der Waals surface area contributed by atoms with Crippen LogP contribution in [0.3, 0.4) is 0 Å². The van der Waals surface area contributed by atoms with E-state index in [-0.39, 0.29) is 0 Å². The number of nitrogens with two attached hydrogens (primary N) is 1. The van der Waals surface area contributed by atoms with E-state index in [0.717, 1.165) is 29.8 Å². The number of hydrogen-bond acceptors (Lipinski definition) is 3. The van der Waals surface area contributed by atoms with Crippen molar-refractivity contribution < 1.29 is 0 Å². The van der Waals surface area contributed by atoms with Crippen LogP contribution in [-0.4, -0.2) is 43.0 Å². The third-order valence-electron chi connectivity index (χ3n) is 3.31. The monoisotopic (exact) mass is 297 g/mol. The highest BCUT2D eigenvalue weighted by Crippen LogP contribution is 2.25. The van der Waals surface area contributed by atoms with Gasteiger partial charge in [0.2, 0.25) is 0 Å². The van der Waals surface area contributed by atoms with Crippen molar-refractivity contribution >= 4 is 21.6 Å².